The van der Waals surface area contributed by atoms with Crippen LogP contribution in [0.25, 0.3) is 0 Å². The Morgan fingerprint density at radius 2 is 1.81 bits per heavy atom. The smallest absolute Gasteiger partial charge is 0.247 e. The average molecular weight is 500 g/mol. The summed E-state index contributed by atoms with van der Waals surface area (Å²) in [7, 11) is 1.56. The molecule has 194 valence electrons. The van der Waals surface area contributed by atoms with Crippen LogP contribution in [0.3, 0.4) is 0 Å². The number of rotatable bonds is 13. The highest BCUT2D eigenvalue weighted by atomic mass is 16.7. The van der Waals surface area contributed by atoms with Crippen molar-refractivity contribution in [1.82, 2.24) is 15.5 Å². The lowest BCUT2D eigenvalue weighted by atomic mass is 10.0. The number of nitrogens with zero attached hydrogens (tertiary/aromatic N) is 1. The van der Waals surface area contributed by atoms with Crippen molar-refractivity contribution < 1.29 is 33.3 Å². The topological polar surface area (TPSA) is 115 Å². The van der Waals surface area contributed by atoms with Gasteiger partial charge >= 0.3 is 0 Å². The highest BCUT2D eigenvalue weighted by Crippen LogP contribution is 2.34. The number of benzene rings is 2. The Balaban J connectivity index is 1.91. The lowest BCUT2D eigenvalue weighted by Crippen LogP contribution is -2.47. The fourth-order valence-corrected chi connectivity index (χ4v) is 3.75. The second kappa shape index (κ2) is 13.3. The fraction of sp³-hybridized carbons (Fsp3) is 0.423. The average Bonchev–Trinajstić information content (AvgIpc) is 3.35. The van der Waals surface area contributed by atoms with Gasteiger partial charge in [-0.05, 0) is 48.7 Å². The van der Waals surface area contributed by atoms with E-state index in [1.807, 2.05) is 13.0 Å². The predicted molar refractivity (Wildman–Crippen MR) is 132 cm³/mol. The Morgan fingerprint density at radius 1 is 1.06 bits per heavy atom. The molecule has 1 atom stereocenters. The molecule has 10 nitrogen and oxygen atoms in total. The van der Waals surface area contributed by atoms with E-state index < -0.39 is 11.9 Å². The van der Waals surface area contributed by atoms with Gasteiger partial charge < -0.3 is 34.5 Å². The molecule has 1 heterocycles. The molecule has 3 amide bonds. The third-order valence-corrected chi connectivity index (χ3v) is 5.56. The summed E-state index contributed by atoms with van der Waals surface area (Å²) in [6.45, 7) is 4.75. The van der Waals surface area contributed by atoms with E-state index in [2.05, 4.69) is 10.6 Å². The molecular formula is C26H33N3O7. The van der Waals surface area contributed by atoms with Gasteiger partial charge in [0.05, 0.1) is 13.7 Å². The van der Waals surface area contributed by atoms with Gasteiger partial charge in [0.15, 0.2) is 11.5 Å². The number of hydrogen-bond donors (Lipinski definition) is 2. The second-order valence-electron chi connectivity index (χ2n) is 8.14. The van der Waals surface area contributed by atoms with Gasteiger partial charge in [-0.3, -0.25) is 14.4 Å². The van der Waals surface area contributed by atoms with Crippen LogP contribution in [0.1, 0.15) is 37.4 Å². The summed E-state index contributed by atoms with van der Waals surface area (Å²) < 4.78 is 21.5. The largest absolute Gasteiger partial charge is 0.497 e. The van der Waals surface area contributed by atoms with Gasteiger partial charge in [0.2, 0.25) is 24.5 Å². The third-order valence-electron chi connectivity index (χ3n) is 5.56. The minimum absolute atomic E-state index is 0.109. The van der Waals surface area contributed by atoms with E-state index in [4.69, 9.17) is 18.9 Å². The molecule has 1 aliphatic heterocycles. The Morgan fingerprint density at radius 3 is 2.50 bits per heavy atom. The number of carbonyl (C=O) groups excluding carboxylic acids is 3. The van der Waals surface area contributed by atoms with E-state index in [1.54, 1.807) is 43.5 Å². The molecule has 2 aromatic rings. The molecule has 3 rings (SSSR count). The molecule has 10 heteroatoms. The summed E-state index contributed by atoms with van der Waals surface area (Å²) in [5.41, 5.74) is 1.35. The summed E-state index contributed by atoms with van der Waals surface area (Å²) >= 11 is 0. The van der Waals surface area contributed by atoms with Gasteiger partial charge in [0.25, 0.3) is 0 Å². The highest BCUT2D eigenvalue weighted by molar-refractivity contribution is 5.90. The molecular weight excluding hydrogens is 466 g/mol. The summed E-state index contributed by atoms with van der Waals surface area (Å²) in [5.74, 6) is 0.729. The molecule has 0 fully saturated rings. The first kappa shape index (κ1) is 26.8. The van der Waals surface area contributed by atoms with Crippen LogP contribution in [0.4, 0.5) is 0 Å². The number of carbonyl (C=O) groups is 3. The van der Waals surface area contributed by atoms with Gasteiger partial charge in [-0.15, -0.1) is 0 Å². The molecule has 0 unspecified atom stereocenters. The Kier molecular flexibility index (Phi) is 9.93. The van der Waals surface area contributed by atoms with E-state index in [-0.39, 0.29) is 31.7 Å². The van der Waals surface area contributed by atoms with Crippen LogP contribution in [0.2, 0.25) is 0 Å². The molecule has 0 spiro atoms. The van der Waals surface area contributed by atoms with Crippen molar-refractivity contribution in [2.75, 3.05) is 40.2 Å². The lowest BCUT2D eigenvalue weighted by Gasteiger charge is -2.32. The quantitative estimate of drug-likeness (QED) is 0.406. The summed E-state index contributed by atoms with van der Waals surface area (Å²) in [6, 6.07) is 11.4. The SMILES string of the molecule is CCOCCCNC(=O)[C@H](c1ccc(OC)cc1)N(Cc1ccc2c(c1)OCO2)C(=O)CNC(C)=O. The van der Waals surface area contributed by atoms with Crippen molar-refractivity contribution >= 4 is 17.7 Å². The van der Waals surface area contributed by atoms with Gasteiger partial charge in [-0.1, -0.05) is 18.2 Å². The number of ether oxygens (including phenoxy) is 4. The van der Waals surface area contributed by atoms with Crippen LogP contribution in [0, 0.1) is 0 Å². The molecule has 0 aromatic heterocycles. The summed E-state index contributed by atoms with van der Waals surface area (Å²) in [4.78, 5) is 39.8. The molecule has 0 bridgehead atoms. The Bertz CT molecular complexity index is 1040. The second-order valence-corrected chi connectivity index (χ2v) is 8.14. The third kappa shape index (κ3) is 7.35. The van der Waals surface area contributed by atoms with Crippen LogP contribution >= 0.6 is 0 Å². The maximum Gasteiger partial charge on any atom is 0.247 e. The van der Waals surface area contributed by atoms with Crippen LogP contribution in [-0.2, 0) is 25.7 Å². The van der Waals surface area contributed by atoms with Gasteiger partial charge in [-0.25, -0.2) is 0 Å². The number of methoxy groups -OCH3 is 1. The normalized spacial score (nSPS) is 12.5. The number of nitrogens with one attached hydrogen (secondary N) is 2. The first-order valence-electron chi connectivity index (χ1n) is 11.8. The van der Waals surface area contributed by atoms with Gasteiger partial charge in [0, 0.05) is 33.2 Å². The van der Waals surface area contributed by atoms with Crippen molar-refractivity contribution in [1.29, 1.82) is 0 Å². The molecule has 36 heavy (non-hydrogen) atoms. The number of fused-ring (bicyclic) bond motifs is 1. The summed E-state index contributed by atoms with van der Waals surface area (Å²) in [5, 5.41) is 5.46. The van der Waals surface area contributed by atoms with Crippen LogP contribution in [-0.4, -0.2) is 62.8 Å². The van der Waals surface area contributed by atoms with E-state index in [0.29, 0.717) is 49.0 Å². The highest BCUT2D eigenvalue weighted by Gasteiger charge is 2.32. The molecule has 0 radical (unpaired) electrons. The van der Waals surface area contributed by atoms with E-state index in [1.165, 1.54) is 11.8 Å². The molecule has 2 aromatic carbocycles. The number of hydrogen-bond acceptors (Lipinski definition) is 7. The first-order chi connectivity index (χ1) is 17.4. The van der Waals surface area contributed by atoms with Crippen molar-refractivity contribution in [3.05, 3.63) is 53.6 Å². The van der Waals surface area contributed by atoms with Crippen LogP contribution < -0.4 is 24.8 Å². The molecule has 0 saturated heterocycles. The molecule has 0 aliphatic carbocycles. The standard InChI is InChI=1S/C26H33N3O7/c1-4-34-13-5-12-27-26(32)25(20-7-9-21(33-3)10-8-20)29(24(31)15-28-18(2)30)16-19-6-11-22-23(14-19)36-17-35-22/h6-11,14,25H,4-5,12-13,15-17H2,1-3H3,(H,27,32)(H,28,30)/t25-/m0/s1. The Labute approximate surface area is 210 Å². The summed E-state index contributed by atoms with van der Waals surface area (Å²) in [6.07, 6.45) is 0.636. The fourth-order valence-electron chi connectivity index (χ4n) is 3.75. The van der Waals surface area contributed by atoms with E-state index >= 15 is 0 Å². The molecule has 0 saturated carbocycles. The minimum Gasteiger partial charge on any atom is -0.497 e. The van der Waals surface area contributed by atoms with Crippen LogP contribution in [0.15, 0.2) is 42.5 Å². The molecule has 2 N–H and O–H groups in total. The monoisotopic (exact) mass is 499 g/mol. The minimum atomic E-state index is -0.949. The van der Waals surface area contributed by atoms with Crippen molar-refractivity contribution in [2.45, 2.75) is 32.9 Å². The maximum atomic E-state index is 13.5. The Hall–Kier alpha value is -3.79. The van der Waals surface area contributed by atoms with Gasteiger partial charge in [-0.2, -0.15) is 0 Å². The van der Waals surface area contributed by atoms with Crippen molar-refractivity contribution in [3.8, 4) is 17.2 Å². The number of amides is 3. The van der Waals surface area contributed by atoms with E-state index in [0.717, 1.165) is 5.56 Å². The zero-order valence-electron chi connectivity index (χ0n) is 20.9. The molecule has 1 aliphatic rings. The predicted octanol–water partition coefficient (Wildman–Crippen LogP) is 2.17. The lowest BCUT2D eigenvalue weighted by molar-refractivity contribution is -0.141. The zero-order chi connectivity index (χ0) is 25.9. The van der Waals surface area contributed by atoms with Crippen molar-refractivity contribution in [2.24, 2.45) is 0 Å². The zero-order valence-corrected chi connectivity index (χ0v) is 20.9. The maximum absolute atomic E-state index is 13.5. The van der Waals surface area contributed by atoms with Gasteiger partial charge in [0.1, 0.15) is 11.8 Å². The van der Waals surface area contributed by atoms with E-state index in [9.17, 15) is 14.4 Å². The van der Waals surface area contributed by atoms with Crippen molar-refractivity contribution in [3.63, 3.8) is 0 Å². The van der Waals surface area contributed by atoms with Crippen LogP contribution in [0.5, 0.6) is 17.2 Å². The first-order valence-corrected chi connectivity index (χ1v) is 11.8.